The summed E-state index contributed by atoms with van der Waals surface area (Å²) >= 11 is 0.570. The Morgan fingerprint density at radius 3 is 2.72 bits per heavy atom. The normalized spacial score (nSPS) is 16.0. The second-order valence-electron chi connectivity index (χ2n) is 5.31. The monoisotopic (exact) mass is 366 g/mol. The zero-order valence-corrected chi connectivity index (χ0v) is 14.1. The Morgan fingerprint density at radius 2 is 2.12 bits per heavy atom. The van der Waals surface area contributed by atoms with Gasteiger partial charge in [-0.05, 0) is 37.8 Å². The highest BCUT2D eigenvalue weighted by molar-refractivity contribution is 8.18. The summed E-state index contributed by atoms with van der Waals surface area (Å²) in [6, 6.07) is 3.31. The zero-order chi connectivity index (χ0) is 18.7. The third-order valence-corrected chi connectivity index (χ3v) is 3.94. The lowest BCUT2D eigenvalue weighted by atomic mass is 10.1. The zero-order valence-electron chi connectivity index (χ0n) is 13.3. The first-order valence-corrected chi connectivity index (χ1v) is 7.93. The molecule has 0 spiro atoms. The number of phenols is 1. The van der Waals surface area contributed by atoms with Crippen LogP contribution in [0.3, 0.4) is 0 Å². The maximum absolute atomic E-state index is 12.3. The van der Waals surface area contributed by atoms with Gasteiger partial charge in [-0.15, -0.1) is 0 Å². The molecule has 0 atom stereocenters. The Labute approximate surface area is 146 Å². The van der Waals surface area contributed by atoms with Crippen LogP contribution in [0.25, 0.3) is 6.08 Å². The fourth-order valence-electron chi connectivity index (χ4n) is 1.98. The van der Waals surface area contributed by atoms with E-state index in [1.807, 2.05) is 0 Å². The van der Waals surface area contributed by atoms with Crippen LogP contribution in [0.1, 0.15) is 19.4 Å². The van der Waals surface area contributed by atoms with Crippen molar-refractivity contribution < 1.29 is 29.2 Å². The van der Waals surface area contributed by atoms with Crippen LogP contribution in [0.2, 0.25) is 0 Å². The molecule has 1 aliphatic heterocycles. The van der Waals surface area contributed by atoms with Crippen LogP contribution in [0.15, 0.2) is 23.1 Å². The number of thioether (sulfide) groups is 1. The van der Waals surface area contributed by atoms with E-state index in [1.54, 1.807) is 13.8 Å². The molecule has 0 aromatic heterocycles. The van der Waals surface area contributed by atoms with Gasteiger partial charge in [-0.3, -0.25) is 29.4 Å². The number of aromatic hydroxyl groups is 1. The molecule has 1 aromatic rings. The molecule has 2 rings (SSSR count). The third kappa shape index (κ3) is 4.35. The van der Waals surface area contributed by atoms with E-state index in [4.69, 9.17) is 4.74 Å². The number of nitrogens with zero attached hydrogens (tertiary/aromatic N) is 2. The van der Waals surface area contributed by atoms with Gasteiger partial charge in [0.25, 0.3) is 16.8 Å². The summed E-state index contributed by atoms with van der Waals surface area (Å²) in [6.45, 7) is 2.74. The van der Waals surface area contributed by atoms with E-state index in [0.29, 0.717) is 11.8 Å². The van der Waals surface area contributed by atoms with E-state index in [2.05, 4.69) is 0 Å². The van der Waals surface area contributed by atoms with Crippen molar-refractivity contribution in [2.45, 2.75) is 20.0 Å². The number of carbonyl (C=O) groups excluding carboxylic acids is 3. The molecule has 25 heavy (non-hydrogen) atoms. The molecule has 1 aromatic carbocycles. The average molecular weight is 366 g/mol. The molecule has 1 saturated heterocycles. The number of rotatable bonds is 5. The first-order chi connectivity index (χ1) is 11.7. The number of carbonyl (C=O) groups is 3. The Hall–Kier alpha value is -2.88. The maximum atomic E-state index is 12.3. The first-order valence-electron chi connectivity index (χ1n) is 7.11. The van der Waals surface area contributed by atoms with E-state index < -0.39 is 28.6 Å². The highest BCUT2D eigenvalue weighted by Crippen LogP contribution is 2.34. The number of amides is 2. The summed E-state index contributed by atoms with van der Waals surface area (Å²) in [6.07, 6.45) is 0.783. The largest absolute Gasteiger partial charge is 0.507 e. The van der Waals surface area contributed by atoms with Gasteiger partial charge in [-0.2, -0.15) is 0 Å². The molecule has 0 bridgehead atoms. The summed E-state index contributed by atoms with van der Waals surface area (Å²) in [4.78, 5) is 46.6. The van der Waals surface area contributed by atoms with Crippen molar-refractivity contribution in [1.29, 1.82) is 0 Å². The van der Waals surface area contributed by atoms with Crippen LogP contribution in [0.5, 0.6) is 5.75 Å². The van der Waals surface area contributed by atoms with Gasteiger partial charge in [0.05, 0.1) is 15.9 Å². The molecule has 0 aliphatic carbocycles. The van der Waals surface area contributed by atoms with Gasteiger partial charge in [0.15, 0.2) is 0 Å². The maximum Gasteiger partial charge on any atom is 0.326 e. The lowest BCUT2D eigenvalue weighted by molar-refractivity contribution is -0.384. The molecule has 9 nitrogen and oxygen atoms in total. The lowest BCUT2D eigenvalue weighted by Crippen LogP contribution is -2.35. The van der Waals surface area contributed by atoms with E-state index in [-0.39, 0.29) is 28.0 Å². The van der Waals surface area contributed by atoms with Gasteiger partial charge in [0, 0.05) is 17.7 Å². The topological polar surface area (TPSA) is 127 Å². The molecule has 1 heterocycles. The van der Waals surface area contributed by atoms with Crippen molar-refractivity contribution in [2.75, 3.05) is 6.54 Å². The SMILES string of the molecule is CC(C)OC(=O)CN1C(=O)S/C(=C/c2cc([N+](=O)[O-])ccc2O)C1=O. The first kappa shape index (κ1) is 18.5. The minimum absolute atomic E-state index is 0.0180. The van der Waals surface area contributed by atoms with Crippen LogP contribution >= 0.6 is 11.8 Å². The van der Waals surface area contributed by atoms with Crippen molar-refractivity contribution >= 4 is 40.6 Å². The van der Waals surface area contributed by atoms with Gasteiger partial charge in [-0.25, -0.2) is 0 Å². The van der Waals surface area contributed by atoms with Crippen molar-refractivity contribution in [3.05, 3.63) is 38.8 Å². The molecule has 0 unspecified atom stereocenters. The Kier molecular flexibility index (Phi) is 5.42. The lowest BCUT2D eigenvalue weighted by Gasteiger charge is -2.13. The molecule has 1 N–H and O–H groups in total. The minimum atomic E-state index is -0.735. The van der Waals surface area contributed by atoms with E-state index in [1.165, 1.54) is 6.08 Å². The van der Waals surface area contributed by atoms with Gasteiger partial charge >= 0.3 is 5.97 Å². The second kappa shape index (κ2) is 7.34. The number of nitro groups is 1. The van der Waals surface area contributed by atoms with Crippen LogP contribution in [0.4, 0.5) is 10.5 Å². The number of ether oxygens (including phenoxy) is 1. The fourth-order valence-corrected chi connectivity index (χ4v) is 2.81. The molecular weight excluding hydrogens is 352 g/mol. The highest BCUT2D eigenvalue weighted by atomic mass is 32.2. The predicted molar refractivity (Wildman–Crippen MR) is 88.7 cm³/mol. The van der Waals surface area contributed by atoms with Gasteiger partial charge in [0.2, 0.25) is 0 Å². The standard InChI is InChI=1S/C15H14N2O7S/c1-8(2)24-13(19)7-16-14(20)12(25-15(16)21)6-9-5-10(17(22)23)3-4-11(9)18/h3-6,8,18H,7H2,1-2H3/b12-6+. The van der Waals surface area contributed by atoms with Crippen molar-refractivity contribution in [3.63, 3.8) is 0 Å². The quantitative estimate of drug-likeness (QED) is 0.364. The van der Waals surface area contributed by atoms with E-state index in [0.717, 1.165) is 23.1 Å². The molecule has 132 valence electrons. The number of non-ortho nitro benzene ring substituents is 1. The smallest absolute Gasteiger partial charge is 0.326 e. The Balaban J connectivity index is 2.24. The van der Waals surface area contributed by atoms with Crippen LogP contribution in [0, 0.1) is 10.1 Å². The van der Waals surface area contributed by atoms with Crippen LogP contribution < -0.4 is 0 Å². The molecule has 0 saturated carbocycles. The third-order valence-electron chi connectivity index (χ3n) is 3.04. The molecule has 1 aliphatic rings. The Bertz CT molecular complexity index is 788. The molecule has 0 radical (unpaired) electrons. The van der Waals surface area contributed by atoms with Crippen molar-refractivity contribution in [2.24, 2.45) is 0 Å². The summed E-state index contributed by atoms with van der Waals surface area (Å²) in [5, 5.41) is 19.9. The Morgan fingerprint density at radius 1 is 1.44 bits per heavy atom. The van der Waals surface area contributed by atoms with E-state index in [9.17, 15) is 29.6 Å². The highest BCUT2D eigenvalue weighted by Gasteiger charge is 2.37. The average Bonchev–Trinajstić information content (AvgIpc) is 2.76. The fraction of sp³-hybridized carbons (Fsp3) is 0.267. The van der Waals surface area contributed by atoms with Gasteiger partial charge in [-0.1, -0.05) is 0 Å². The predicted octanol–water partition coefficient (Wildman–Crippen LogP) is 2.29. The number of hydrogen-bond donors (Lipinski definition) is 1. The van der Waals surface area contributed by atoms with Crippen molar-refractivity contribution in [1.82, 2.24) is 4.90 Å². The number of benzene rings is 1. The minimum Gasteiger partial charge on any atom is -0.507 e. The molecule has 10 heteroatoms. The molecule has 2 amide bonds. The van der Waals surface area contributed by atoms with E-state index >= 15 is 0 Å². The molecular formula is C15H14N2O7S. The summed E-state index contributed by atoms with van der Waals surface area (Å²) in [5.41, 5.74) is -0.256. The van der Waals surface area contributed by atoms with Crippen LogP contribution in [-0.4, -0.2) is 44.7 Å². The molecule has 1 fully saturated rings. The summed E-state index contributed by atoms with van der Waals surface area (Å²) < 4.78 is 4.89. The van der Waals surface area contributed by atoms with Gasteiger partial charge < -0.3 is 9.84 Å². The summed E-state index contributed by atoms with van der Waals surface area (Å²) in [5.74, 6) is -1.74. The number of hydrogen-bond acceptors (Lipinski definition) is 8. The summed E-state index contributed by atoms with van der Waals surface area (Å²) in [7, 11) is 0. The number of phenolic OH excluding ortho intramolecular Hbond substituents is 1. The number of imide groups is 1. The van der Waals surface area contributed by atoms with Crippen LogP contribution in [-0.2, 0) is 14.3 Å². The number of esters is 1. The van der Waals surface area contributed by atoms with Gasteiger partial charge in [0.1, 0.15) is 12.3 Å². The van der Waals surface area contributed by atoms with Crippen molar-refractivity contribution in [3.8, 4) is 5.75 Å². The second-order valence-corrected chi connectivity index (χ2v) is 6.30. The number of nitro benzene ring substituents is 1.